The van der Waals surface area contributed by atoms with Gasteiger partial charge in [-0.15, -0.1) is 0 Å². The summed E-state index contributed by atoms with van der Waals surface area (Å²) in [5, 5.41) is 5.72. The highest BCUT2D eigenvalue weighted by molar-refractivity contribution is 5.99. The van der Waals surface area contributed by atoms with Crippen LogP contribution in [0.1, 0.15) is 12.0 Å². The summed E-state index contributed by atoms with van der Waals surface area (Å²) in [5.41, 5.74) is 2.60. The Balaban J connectivity index is 1.54. The topological polar surface area (TPSA) is 92.5 Å². The largest absolute Gasteiger partial charge is 0.457 e. The van der Waals surface area contributed by atoms with E-state index < -0.39 is 0 Å². The van der Waals surface area contributed by atoms with Crippen LogP contribution in [0.4, 0.5) is 21.7 Å². The number of carbonyl (C=O) groups is 1. The Morgan fingerprint density at radius 1 is 1.17 bits per heavy atom. The summed E-state index contributed by atoms with van der Waals surface area (Å²) in [7, 11) is 3.99. The number of aryl methyl sites for hydroxylation is 1. The van der Waals surface area contributed by atoms with E-state index in [1.807, 2.05) is 14.1 Å². The van der Waals surface area contributed by atoms with Crippen molar-refractivity contribution in [2.75, 3.05) is 31.3 Å². The van der Waals surface area contributed by atoms with Gasteiger partial charge >= 0.3 is 0 Å². The number of nitrogens with one attached hydrogen (secondary N) is 2. The number of carbonyl (C=O) groups excluding carboxylic acids is 1. The number of ether oxygens (including phenoxy) is 1. The van der Waals surface area contributed by atoms with Crippen LogP contribution in [-0.4, -0.2) is 41.4 Å². The number of furan rings is 1. The first-order valence-corrected chi connectivity index (χ1v) is 11.1. The SMILES string of the molecule is C=CC(=O)Nc1cccc(Oc2nc(Nc3ccc(CCCN(C)C)c(F)c3)nc3ccoc23)c1. The second kappa shape index (κ2) is 10.8. The molecule has 0 aliphatic carbocycles. The first kappa shape index (κ1) is 23.9. The highest BCUT2D eigenvalue weighted by Crippen LogP contribution is 2.31. The van der Waals surface area contributed by atoms with Crippen LogP contribution in [0.25, 0.3) is 11.1 Å². The lowest BCUT2D eigenvalue weighted by Gasteiger charge is -2.12. The fourth-order valence-corrected chi connectivity index (χ4v) is 3.45. The third-order valence-corrected chi connectivity index (χ3v) is 5.13. The second-order valence-electron chi connectivity index (χ2n) is 8.15. The maximum absolute atomic E-state index is 14.6. The van der Waals surface area contributed by atoms with Crippen molar-refractivity contribution in [2.45, 2.75) is 12.8 Å². The zero-order valence-electron chi connectivity index (χ0n) is 19.5. The van der Waals surface area contributed by atoms with Crippen LogP contribution in [0.5, 0.6) is 11.6 Å². The maximum atomic E-state index is 14.6. The molecule has 35 heavy (non-hydrogen) atoms. The molecule has 0 saturated carbocycles. The Kier molecular flexibility index (Phi) is 7.37. The summed E-state index contributed by atoms with van der Waals surface area (Å²) in [6, 6.07) is 13.5. The van der Waals surface area contributed by atoms with E-state index in [0.29, 0.717) is 40.2 Å². The third-order valence-electron chi connectivity index (χ3n) is 5.13. The highest BCUT2D eigenvalue weighted by atomic mass is 19.1. The summed E-state index contributed by atoms with van der Waals surface area (Å²) in [6.45, 7) is 4.34. The predicted octanol–water partition coefficient (Wildman–Crippen LogP) is 5.52. The van der Waals surface area contributed by atoms with Gasteiger partial charge in [0, 0.05) is 23.5 Å². The van der Waals surface area contributed by atoms with Crippen LogP contribution >= 0.6 is 0 Å². The molecule has 0 aliphatic rings. The van der Waals surface area contributed by atoms with Gasteiger partial charge in [-0.25, -0.2) is 9.37 Å². The van der Waals surface area contributed by atoms with Gasteiger partial charge in [-0.1, -0.05) is 18.7 Å². The van der Waals surface area contributed by atoms with Crippen LogP contribution in [0, 0.1) is 5.82 Å². The summed E-state index contributed by atoms with van der Waals surface area (Å²) >= 11 is 0. The Labute approximate surface area is 202 Å². The quantitative estimate of drug-likeness (QED) is 0.292. The monoisotopic (exact) mass is 475 g/mol. The van der Waals surface area contributed by atoms with Gasteiger partial charge in [-0.3, -0.25) is 4.79 Å². The molecule has 180 valence electrons. The minimum atomic E-state index is -0.333. The van der Waals surface area contributed by atoms with Gasteiger partial charge in [0.05, 0.1) is 6.26 Å². The normalized spacial score (nSPS) is 11.0. The van der Waals surface area contributed by atoms with E-state index in [9.17, 15) is 9.18 Å². The standard InChI is InChI=1S/C26H26FN5O3/c1-4-23(33)28-18-8-5-9-20(15-18)35-25-24-22(12-14-34-24)30-26(31-25)29-19-11-10-17(21(27)16-19)7-6-13-32(2)3/h4-5,8-12,14-16H,1,6-7,13H2,2-3H3,(H,28,33)(H,29,30,31). The van der Waals surface area contributed by atoms with Crippen LogP contribution < -0.4 is 15.4 Å². The molecular weight excluding hydrogens is 449 g/mol. The number of halogens is 1. The molecule has 9 heteroatoms. The van der Waals surface area contributed by atoms with Crippen molar-refractivity contribution >= 4 is 34.3 Å². The molecule has 0 atom stereocenters. The van der Waals surface area contributed by atoms with Gasteiger partial charge in [0.2, 0.25) is 17.4 Å². The molecule has 2 heterocycles. The molecule has 0 bridgehead atoms. The highest BCUT2D eigenvalue weighted by Gasteiger charge is 2.14. The van der Waals surface area contributed by atoms with E-state index in [1.165, 1.54) is 18.4 Å². The molecule has 2 aromatic carbocycles. The minimum absolute atomic E-state index is 0.176. The van der Waals surface area contributed by atoms with E-state index >= 15 is 0 Å². The van der Waals surface area contributed by atoms with E-state index in [2.05, 4.69) is 32.1 Å². The van der Waals surface area contributed by atoms with E-state index in [1.54, 1.807) is 42.5 Å². The molecule has 0 saturated heterocycles. The zero-order chi connectivity index (χ0) is 24.8. The van der Waals surface area contributed by atoms with Crippen LogP contribution in [0.3, 0.4) is 0 Å². The molecule has 1 amide bonds. The summed E-state index contributed by atoms with van der Waals surface area (Å²) < 4.78 is 26.1. The first-order valence-electron chi connectivity index (χ1n) is 11.1. The van der Waals surface area contributed by atoms with Gasteiger partial charge in [0.25, 0.3) is 5.88 Å². The average molecular weight is 476 g/mol. The average Bonchev–Trinajstić information content (AvgIpc) is 3.29. The van der Waals surface area contributed by atoms with Gasteiger partial charge in [-0.05, 0) is 69.4 Å². The number of hydrogen-bond acceptors (Lipinski definition) is 7. The lowest BCUT2D eigenvalue weighted by atomic mass is 10.1. The lowest BCUT2D eigenvalue weighted by molar-refractivity contribution is -0.111. The fraction of sp³-hybridized carbons (Fsp3) is 0.192. The lowest BCUT2D eigenvalue weighted by Crippen LogP contribution is -2.13. The van der Waals surface area contributed by atoms with Crippen molar-refractivity contribution in [1.29, 1.82) is 0 Å². The molecule has 0 radical (unpaired) electrons. The second-order valence-corrected chi connectivity index (χ2v) is 8.15. The Morgan fingerprint density at radius 3 is 2.80 bits per heavy atom. The van der Waals surface area contributed by atoms with Gasteiger partial charge in [0.15, 0.2) is 0 Å². The molecule has 2 N–H and O–H groups in total. The van der Waals surface area contributed by atoms with Crippen molar-refractivity contribution in [3.63, 3.8) is 0 Å². The fourth-order valence-electron chi connectivity index (χ4n) is 3.45. The van der Waals surface area contributed by atoms with E-state index in [0.717, 1.165) is 13.0 Å². The molecule has 8 nitrogen and oxygen atoms in total. The van der Waals surface area contributed by atoms with Gasteiger partial charge in [0.1, 0.15) is 17.1 Å². The van der Waals surface area contributed by atoms with Crippen LogP contribution in [0.2, 0.25) is 0 Å². The van der Waals surface area contributed by atoms with Crippen LogP contribution in [-0.2, 0) is 11.2 Å². The van der Waals surface area contributed by atoms with Crippen LogP contribution in [0.15, 0.2) is 71.9 Å². The number of anilines is 3. The number of fused-ring (bicyclic) bond motifs is 1. The van der Waals surface area contributed by atoms with Crippen molar-refractivity contribution in [1.82, 2.24) is 14.9 Å². The molecule has 0 unspecified atom stereocenters. The van der Waals surface area contributed by atoms with E-state index in [4.69, 9.17) is 9.15 Å². The number of amides is 1. The first-order chi connectivity index (χ1) is 16.9. The number of rotatable bonds is 10. The van der Waals surface area contributed by atoms with Crippen molar-refractivity contribution in [3.05, 3.63) is 78.8 Å². The third kappa shape index (κ3) is 6.21. The smallest absolute Gasteiger partial charge is 0.268 e. The number of hydrogen-bond donors (Lipinski definition) is 2. The maximum Gasteiger partial charge on any atom is 0.268 e. The molecular formula is C26H26FN5O3. The van der Waals surface area contributed by atoms with Gasteiger partial charge in [-0.2, -0.15) is 4.98 Å². The molecule has 4 rings (SSSR count). The minimum Gasteiger partial charge on any atom is -0.457 e. The summed E-state index contributed by atoms with van der Waals surface area (Å²) in [5.74, 6) is 0.218. The predicted molar refractivity (Wildman–Crippen MR) is 134 cm³/mol. The van der Waals surface area contributed by atoms with Gasteiger partial charge < -0.3 is 24.7 Å². The van der Waals surface area contributed by atoms with Crippen molar-refractivity contribution < 1.29 is 18.3 Å². The number of nitrogens with zero attached hydrogens (tertiary/aromatic N) is 3. The molecule has 0 spiro atoms. The molecule has 2 aromatic heterocycles. The Bertz CT molecular complexity index is 1350. The summed E-state index contributed by atoms with van der Waals surface area (Å²) in [6.07, 6.45) is 4.20. The van der Waals surface area contributed by atoms with Crippen molar-refractivity contribution in [3.8, 4) is 11.6 Å². The Hall–Kier alpha value is -4.24. The zero-order valence-corrected chi connectivity index (χ0v) is 19.5. The molecule has 0 aliphatic heterocycles. The van der Waals surface area contributed by atoms with E-state index in [-0.39, 0.29) is 23.6 Å². The molecule has 4 aromatic rings. The number of benzene rings is 2. The van der Waals surface area contributed by atoms with Crippen molar-refractivity contribution in [2.24, 2.45) is 0 Å². The summed E-state index contributed by atoms with van der Waals surface area (Å²) in [4.78, 5) is 22.5. The number of aromatic nitrogens is 2. The Morgan fingerprint density at radius 2 is 2.03 bits per heavy atom. The molecule has 0 fully saturated rings.